The van der Waals surface area contributed by atoms with Crippen LogP contribution in [0.25, 0.3) is 0 Å². The maximum atomic E-state index is 12.6. The van der Waals surface area contributed by atoms with Crippen LogP contribution in [0.1, 0.15) is 56.0 Å². The molecule has 0 bridgehead atoms. The van der Waals surface area contributed by atoms with E-state index < -0.39 is 5.91 Å². The molecule has 1 aliphatic heterocycles. The van der Waals surface area contributed by atoms with Crippen LogP contribution in [0.15, 0.2) is 41.5 Å². The van der Waals surface area contributed by atoms with Gasteiger partial charge in [0.15, 0.2) is 6.61 Å². The number of ether oxygens (including phenoxy) is 1. The van der Waals surface area contributed by atoms with Crippen LogP contribution in [0.5, 0.6) is 5.75 Å². The Labute approximate surface area is 208 Å². The number of nitrogens with one attached hydrogen (secondary N) is 1. The average Bonchev–Trinajstić information content (AvgIpc) is 2.79. The molecule has 2 amide bonds. The predicted octanol–water partition coefficient (Wildman–Crippen LogP) is 5.97. The van der Waals surface area contributed by atoms with E-state index in [1.807, 2.05) is 4.90 Å². The second-order valence-electron chi connectivity index (χ2n) is 8.10. The lowest BCUT2D eigenvalue weighted by atomic mass is 9.97. The number of hydrogen-bond donors (Lipinski definition) is 1. The van der Waals surface area contributed by atoms with Gasteiger partial charge in [0.25, 0.3) is 11.8 Å². The van der Waals surface area contributed by atoms with Gasteiger partial charge in [0.1, 0.15) is 5.75 Å². The summed E-state index contributed by atoms with van der Waals surface area (Å²) in [5.74, 6) is 0.0888. The van der Waals surface area contributed by atoms with Crippen LogP contribution in [0.3, 0.4) is 0 Å². The van der Waals surface area contributed by atoms with Crippen LogP contribution in [0.2, 0.25) is 15.1 Å². The molecule has 1 N–H and O–H groups in total. The van der Waals surface area contributed by atoms with Gasteiger partial charge in [-0.2, -0.15) is 5.10 Å². The number of likely N-dealkylation sites (tertiary alicyclic amines) is 1. The number of amides is 2. The summed E-state index contributed by atoms with van der Waals surface area (Å²) in [7, 11) is 0. The van der Waals surface area contributed by atoms with E-state index in [1.54, 1.807) is 43.3 Å². The van der Waals surface area contributed by atoms with Crippen LogP contribution < -0.4 is 10.2 Å². The van der Waals surface area contributed by atoms with E-state index in [0.29, 0.717) is 27.6 Å². The molecule has 2 aromatic carbocycles. The molecular weight excluding hydrogens is 485 g/mol. The fourth-order valence-corrected chi connectivity index (χ4v) is 4.57. The molecule has 9 heteroatoms. The Hall–Kier alpha value is -2.28. The van der Waals surface area contributed by atoms with Crippen molar-refractivity contribution in [2.45, 2.75) is 52.1 Å². The van der Waals surface area contributed by atoms with Crippen LogP contribution >= 0.6 is 34.8 Å². The van der Waals surface area contributed by atoms with E-state index in [4.69, 9.17) is 39.5 Å². The molecule has 1 fully saturated rings. The van der Waals surface area contributed by atoms with Gasteiger partial charge in [0, 0.05) is 23.2 Å². The van der Waals surface area contributed by atoms with Crippen molar-refractivity contribution in [3.63, 3.8) is 0 Å². The Morgan fingerprint density at radius 2 is 1.67 bits per heavy atom. The van der Waals surface area contributed by atoms with Crippen LogP contribution in [-0.4, -0.2) is 41.1 Å². The second-order valence-corrected chi connectivity index (χ2v) is 9.27. The number of rotatable bonds is 6. The first-order valence-electron chi connectivity index (χ1n) is 10.7. The summed E-state index contributed by atoms with van der Waals surface area (Å²) in [6, 6.07) is 10.3. The molecule has 0 saturated carbocycles. The van der Waals surface area contributed by atoms with E-state index in [1.165, 1.54) is 0 Å². The zero-order chi connectivity index (χ0) is 24.1. The minimum Gasteiger partial charge on any atom is -0.484 e. The third-order valence-corrected chi connectivity index (χ3v) is 7.00. The maximum absolute atomic E-state index is 12.6. The molecule has 1 aliphatic rings. The van der Waals surface area contributed by atoms with Crippen molar-refractivity contribution in [2.24, 2.45) is 5.10 Å². The number of carbonyl (C=O) groups excluding carboxylic acids is 2. The summed E-state index contributed by atoms with van der Waals surface area (Å²) in [4.78, 5) is 26.9. The number of carbonyl (C=O) groups is 2. The highest BCUT2D eigenvalue weighted by Gasteiger charge is 2.29. The van der Waals surface area contributed by atoms with Crippen molar-refractivity contribution in [3.05, 3.63) is 62.6 Å². The number of hydrazone groups is 1. The summed E-state index contributed by atoms with van der Waals surface area (Å²) in [5.41, 5.74) is 3.93. The van der Waals surface area contributed by atoms with Crippen LogP contribution in [0, 0.1) is 0 Å². The predicted molar refractivity (Wildman–Crippen MR) is 133 cm³/mol. The Morgan fingerprint density at radius 3 is 2.30 bits per heavy atom. The third kappa shape index (κ3) is 6.19. The van der Waals surface area contributed by atoms with Gasteiger partial charge in [0.05, 0.1) is 20.8 Å². The molecule has 33 heavy (non-hydrogen) atoms. The molecule has 1 heterocycles. The number of hydrogen-bond acceptors (Lipinski definition) is 4. The SMILES string of the molecule is C/C(=N\NC(=O)c1ccc(OCC(=O)N2C(C)CCCC2C)cc1)c1ccc(Cl)c(Cl)c1Cl. The first kappa shape index (κ1) is 25.3. The molecule has 2 atom stereocenters. The largest absolute Gasteiger partial charge is 0.484 e. The van der Waals surface area contributed by atoms with Gasteiger partial charge in [-0.25, -0.2) is 5.43 Å². The minimum absolute atomic E-state index is 0.0257. The van der Waals surface area contributed by atoms with E-state index in [9.17, 15) is 9.59 Å². The standard InChI is InChI=1S/C24H26Cl3N3O3/c1-14-5-4-6-15(2)30(14)21(31)13-33-18-9-7-17(8-10-18)24(32)29-28-16(3)19-11-12-20(25)23(27)22(19)26/h7-12,14-15H,4-6,13H2,1-3H3,(H,29,32)/b28-16+. The molecule has 2 unspecified atom stereocenters. The van der Waals surface area contributed by atoms with E-state index in [0.717, 1.165) is 19.3 Å². The van der Waals surface area contributed by atoms with Crippen molar-refractivity contribution in [2.75, 3.05) is 6.61 Å². The molecule has 6 nitrogen and oxygen atoms in total. The fourth-order valence-electron chi connectivity index (χ4n) is 3.90. The van der Waals surface area contributed by atoms with Gasteiger partial charge in [-0.1, -0.05) is 40.9 Å². The van der Waals surface area contributed by atoms with Crippen LogP contribution in [0.4, 0.5) is 0 Å². The van der Waals surface area contributed by atoms with Gasteiger partial charge in [0.2, 0.25) is 0 Å². The molecule has 3 rings (SSSR count). The number of halogens is 3. The van der Waals surface area contributed by atoms with Gasteiger partial charge < -0.3 is 9.64 Å². The van der Waals surface area contributed by atoms with Gasteiger partial charge in [-0.05, 0) is 70.4 Å². The quantitative estimate of drug-likeness (QED) is 0.296. The van der Waals surface area contributed by atoms with Crippen LogP contribution in [-0.2, 0) is 4.79 Å². The van der Waals surface area contributed by atoms with Crippen molar-refractivity contribution < 1.29 is 14.3 Å². The minimum atomic E-state index is -0.399. The Kier molecular flexibility index (Phi) is 8.63. The lowest BCUT2D eigenvalue weighted by molar-refractivity contribution is -0.139. The highest BCUT2D eigenvalue weighted by molar-refractivity contribution is 6.49. The second kappa shape index (κ2) is 11.2. The Balaban J connectivity index is 1.57. The summed E-state index contributed by atoms with van der Waals surface area (Å²) in [6.45, 7) is 5.80. The molecule has 0 aliphatic carbocycles. The van der Waals surface area contributed by atoms with Gasteiger partial charge >= 0.3 is 0 Å². The highest BCUT2D eigenvalue weighted by Crippen LogP contribution is 2.33. The molecule has 176 valence electrons. The first-order chi connectivity index (χ1) is 15.7. The lowest BCUT2D eigenvalue weighted by Gasteiger charge is -2.38. The zero-order valence-electron chi connectivity index (χ0n) is 18.7. The average molecular weight is 511 g/mol. The summed E-state index contributed by atoms with van der Waals surface area (Å²) in [5, 5.41) is 4.94. The summed E-state index contributed by atoms with van der Waals surface area (Å²) < 4.78 is 5.65. The molecule has 0 spiro atoms. The van der Waals surface area contributed by atoms with Gasteiger partial charge in [-0.3, -0.25) is 9.59 Å². The number of nitrogens with zero attached hydrogens (tertiary/aromatic N) is 2. The van der Waals surface area contributed by atoms with E-state index >= 15 is 0 Å². The van der Waals surface area contributed by atoms with Crippen molar-refractivity contribution in [3.8, 4) is 5.75 Å². The monoisotopic (exact) mass is 509 g/mol. The maximum Gasteiger partial charge on any atom is 0.271 e. The Morgan fingerprint density at radius 1 is 1.03 bits per heavy atom. The summed E-state index contributed by atoms with van der Waals surface area (Å²) in [6.07, 6.45) is 3.17. The molecule has 2 aromatic rings. The zero-order valence-corrected chi connectivity index (χ0v) is 21.0. The fraction of sp³-hybridized carbons (Fsp3) is 0.375. The Bertz CT molecular complexity index is 1050. The van der Waals surface area contributed by atoms with Crippen molar-refractivity contribution in [1.29, 1.82) is 0 Å². The first-order valence-corrected chi connectivity index (χ1v) is 11.8. The van der Waals surface area contributed by atoms with E-state index in [2.05, 4.69) is 24.4 Å². The third-order valence-electron chi connectivity index (χ3n) is 5.71. The normalized spacial score (nSPS) is 18.7. The smallest absolute Gasteiger partial charge is 0.271 e. The highest BCUT2D eigenvalue weighted by atomic mass is 35.5. The number of benzene rings is 2. The van der Waals surface area contributed by atoms with Crippen molar-refractivity contribution in [1.82, 2.24) is 10.3 Å². The van der Waals surface area contributed by atoms with Crippen molar-refractivity contribution >= 4 is 52.3 Å². The molecule has 0 aromatic heterocycles. The summed E-state index contributed by atoms with van der Waals surface area (Å²) >= 11 is 18.2. The topological polar surface area (TPSA) is 71.0 Å². The molecule has 0 radical (unpaired) electrons. The molecule has 1 saturated heterocycles. The number of piperidine rings is 1. The lowest BCUT2D eigenvalue weighted by Crippen LogP contribution is -2.49. The van der Waals surface area contributed by atoms with Gasteiger partial charge in [-0.15, -0.1) is 0 Å². The molecular formula is C24H26Cl3N3O3. The van der Waals surface area contributed by atoms with E-state index in [-0.39, 0.29) is 34.6 Å².